The van der Waals surface area contributed by atoms with Crippen LogP contribution in [0.1, 0.15) is 12.5 Å². The molecule has 0 aliphatic carbocycles. The van der Waals surface area contributed by atoms with Crippen molar-refractivity contribution < 1.29 is 8.78 Å². The average molecular weight is 251 g/mol. The van der Waals surface area contributed by atoms with E-state index in [-0.39, 0.29) is 6.42 Å². The van der Waals surface area contributed by atoms with E-state index >= 15 is 0 Å². The van der Waals surface area contributed by atoms with Gasteiger partial charge >= 0.3 is 0 Å². The maximum absolute atomic E-state index is 12.9. The molecule has 1 aromatic carbocycles. The number of rotatable bonds is 3. The zero-order valence-corrected chi connectivity index (χ0v) is 10.3. The summed E-state index contributed by atoms with van der Waals surface area (Å²) in [7, 11) is 1.75. The Kier molecular flexibility index (Phi) is 3.07. The second kappa shape index (κ2) is 4.40. The Balaban J connectivity index is 2.25. The minimum atomic E-state index is -2.69. The third-order valence-electron chi connectivity index (χ3n) is 2.76. The summed E-state index contributed by atoms with van der Waals surface area (Å²) in [5.41, 5.74) is 8.15. The van der Waals surface area contributed by atoms with Crippen molar-refractivity contribution in [3.05, 3.63) is 36.0 Å². The van der Waals surface area contributed by atoms with Crippen LogP contribution in [-0.2, 0) is 13.5 Å². The monoisotopic (exact) mass is 251 g/mol. The van der Waals surface area contributed by atoms with Crippen LogP contribution >= 0.6 is 0 Å². The molecule has 0 saturated heterocycles. The third kappa shape index (κ3) is 2.67. The van der Waals surface area contributed by atoms with Gasteiger partial charge in [-0.15, -0.1) is 0 Å². The van der Waals surface area contributed by atoms with Crippen molar-refractivity contribution in [2.45, 2.75) is 19.3 Å². The van der Waals surface area contributed by atoms with Crippen molar-refractivity contribution in [2.75, 3.05) is 5.73 Å². The molecule has 2 aromatic rings. The number of nitrogens with two attached hydrogens (primary N) is 1. The molecule has 5 heteroatoms. The van der Waals surface area contributed by atoms with Crippen molar-refractivity contribution in [2.24, 2.45) is 7.05 Å². The van der Waals surface area contributed by atoms with E-state index < -0.39 is 5.92 Å². The molecule has 2 rings (SSSR count). The zero-order valence-electron chi connectivity index (χ0n) is 10.3. The first-order valence-electron chi connectivity index (χ1n) is 5.61. The molecule has 3 nitrogen and oxygen atoms in total. The highest BCUT2D eigenvalue weighted by molar-refractivity contribution is 5.73. The van der Waals surface area contributed by atoms with Gasteiger partial charge in [-0.2, -0.15) is 5.10 Å². The van der Waals surface area contributed by atoms with E-state index in [1.165, 1.54) is 0 Å². The summed E-state index contributed by atoms with van der Waals surface area (Å²) in [6.07, 6.45) is 1.41. The fourth-order valence-electron chi connectivity index (χ4n) is 1.83. The Morgan fingerprint density at radius 2 is 1.89 bits per heavy atom. The Morgan fingerprint density at radius 1 is 1.28 bits per heavy atom. The molecule has 0 saturated carbocycles. The topological polar surface area (TPSA) is 43.8 Å². The fraction of sp³-hybridized carbons (Fsp3) is 0.308. The van der Waals surface area contributed by atoms with Crippen LogP contribution < -0.4 is 5.73 Å². The second-order valence-corrected chi connectivity index (χ2v) is 4.51. The quantitative estimate of drug-likeness (QED) is 0.911. The maximum Gasteiger partial charge on any atom is 0.249 e. The van der Waals surface area contributed by atoms with Crippen molar-refractivity contribution in [1.82, 2.24) is 9.78 Å². The van der Waals surface area contributed by atoms with Gasteiger partial charge in [0.15, 0.2) is 0 Å². The van der Waals surface area contributed by atoms with Crippen LogP contribution in [0.2, 0.25) is 0 Å². The molecule has 1 aromatic heterocycles. The van der Waals surface area contributed by atoms with Gasteiger partial charge in [-0.3, -0.25) is 4.68 Å². The van der Waals surface area contributed by atoms with Gasteiger partial charge in [0, 0.05) is 19.0 Å². The summed E-state index contributed by atoms with van der Waals surface area (Å²) in [6, 6.07) is 6.96. The number of anilines is 1. The van der Waals surface area contributed by atoms with Gasteiger partial charge < -0.3 is 5.73 Å². The minimum Gasteiger partial charge on any atom is -0.383 e. The fourth-order valence-corrected chi connectivity index (χ4v) is 1.83. The number of alkyl halides is 2. The predicted octanol–water partition coefficient (Wildman–Crippen LogP) is 2.87. The SMILES string of the molecule is Cn1ncc(-c2ccc(CC(C)(F)F)cc2)c1N. The third-order valence-corrected chi connectivity index (χ3v) is 2.76. The zero-order chi connectivity index (χ0) is 13.3. The first-order chi connectivity index (χ1) is 8.37. The van der Waals surface area contributed by atoms with Crippen LogP contribution in [0.5, 0.6) is 0 Å². The van der Waals surface area contributed by atoms with E-state index in [1.54, 1.807) is 42.2 Å². The lowest BCUT2D eigenvalue weighted by Crippen LogP contribution is -2.13. The van der Waals surface area contributed by atoms with E-state index in [4.69, 9.17) is 5.73 Å². The number of halogens is 2. The molecular weight excluding hydrogens is 236 g/mol. The summed E-state index contributed by atoms with van der Waals surface area (Å²) in [4.78, 5) is 0. The van der Waals surface area contributed by atoms with Crippen LogP contribution in [0.15, 0.2) is 30.5 Å². The van der Waals surface area contributed by atoms with Crippen LogP contribution in [-0.4, -0.2) is 15.7 Å². The smallest absolute Gasteiger partial charge is 0.249 e. The molecule has 0 fully saturated rings. The lowest BCUT2D eigenvalue weighted by molar-refractivity contribution is 0.0226. The van der Waals surface area contributed by atoms with Gasteiger partial charge in [0.1, 0.15) is 5.82 Å². The van der Waals surface area contributed by atoms with Crippen molar-refractivity contribution in [3.63, 3.8) is 0 Å². The summed E-state index contributed by atoms with van der Waals surface area (Å²) >= 11 is 0. The first kappa shape index (κ1) is 12.5. The molecule has 18 heavy (non-hydrogen) atoms. The highest BCUT2D eigenvalue weighted by Gasteiger charge is 2.21. The first-order valence-corrected chi connectivity index (χ1v) is 5.61. The Hall–Kier alpha value is -1.91. The van der Waals surface area contributed by atoms with Crippen LogP contribution in [0.4, 0.5) is 14.6 Å². The summed E-state index contributed by atoms with van der Waals surface area (Å²) in [5, 5.41) is 4.05. The number of aromatic nitrogens is 2. The number of hydrogen-bond acceptors (Lipinski definition) is 2. The van der Waals surface area contributed by atoms with E-state index in [2.05, 4.69) is 5.10 Å². The van der Waals surface area contributed by atoms with E-state index in [0.717, 1.165) is 18.1 Å². The van der Waals surface area contributed by atoms with Gasteiger partial charge in [-0.1, -0.05) is 24.3 Å². The highest BCUT2D eigenvalue weighted by atomic mass is 19.3. The van der Waals surface area contributed by atoms with Crippen molar-refractivity contribution >= 4 is 5.82 Å². The van der Waals surface area contributed by atoms with Gasteiger partial charge in [0.05, 0.1) is 6.20 Å². The lowest BCUT2D eigenvalue weighted by atomic mass is 10.0. The predicted molar refractivity (Wildman–Crippen MR) is 67.4 cm³/mol. The van der Waals surface area contributed by atoms with Crippen molar-refractivity contribution in [1.29, 1.82) is 0 Å². The second-order valence-electron chi connectivity index (χ2n) is 4.51. The van der Waals surface area contributed by atoms with Crippen LogP contribution in [0, 0.1) is 0 Å². The summed E-state index contributed by atoms with van der Waals surface area (Å²) < 4.78 is 27.3. The molecule has 0 aliphatic rings. The maximum atomic E-state index is 12.9. The largest absolute Gasteiger partial charge is 0.383 e. The van der Waals surface area contributed by atoms with Gasteiger partial charge in [0.25, 0.3) is 0 Å². The number of benzene rings is 1. The van der Waals surface area contributed by atoms with E-state index in [1.807, 2.05) is 0 Å². The molecule has 1 heterocycles. The molecule has 0 atom stereocenters. The van der Waals surface area contributed by atoms with E-state index in [0.29, 0.717) is 11.4 Å². The Bertz CT molecular complexity index is 538. The number of aryl methyl sites for hydroxylation is 1. The molecular formula is C13H15F2N3. The number of nitrogen functional groups attached to an aromatic ring is 1. The Morgan fingerprint density at radius 3 is 2.33 bits per heavy atom. The minimum absolute atomic E-state index is 0.254. The Labute approximate surface area is 104 Å². The number of nitrogens with zero attached hydrogens (tertiary/aromatic N) is 2. The molecule has 0 aliphatic heterocycles. The van der Waals surface area contributed by atoms with E-state index in [9.17, 15) is 8.78 Å². The summed E-state index contributed by atoms with van der Waals surface area (Å²) in [6.45, 7) is 0.917. The molecule has 0 unspecified atom stereocenters. The van der Waals surface area contributed by atoms with Crippen LogP contribution in [0.3, 0.4) is 0 Å². The van der Waals surface area contributed by atoms with Gasteiger partial charge in [-0.05, 0) is 18.1 Å². The van der Waals surface area contributed by atoms with Crippen molar-refractivity contribution in [3.8, 4) is 11.1 Å². The molecule has 0 bridgehead atoms. The van der Waals surface area contributed by atoms with Gasteiger partial charge in [0.2, 0.25) is 5.92 Å². The number of hydrogen-bond donors (Lipinski definition) is 1. The lowest BCUT2D eigenvalue weighted by Gasteiger charge is -2.10. The molecule has 2 N–H and O–H groups in total. The van der Waals surface area contributed by atoms with Crippen LogP contribution in [0.25, 0.3) is 11.1 Å². The molecule has 0 radical (unpaired) electrons. The summed E-state index contributed by atoms with van der Waals surface area (Å²) in [5.74, 6) is -2.13. The highest BCUT2D eigenvalue weighted by Crippen LogP contribution is 2.26. The average Bonchev–Trinajstić information content (AvgIpc) is 2.59. The molecule has 0 amide bonds. The molecule has 96 valence electrons. The molecule has 0 spiro atoms. The standard InChI is InChI=1S/C13H15F2N3/c1-13(14,15)7-9-3-5-10(6-4-9)11-8-17-18(2)12(11)16/h3-6,8H,7,16H2,1-2H3. The van der Waals surface area contributed by atoms with Gasteiger partial charge in [-0.25, -0.2) is 8.78 Å². The normalized spacial score (nSPS) is 11.8.